The average Bonchev–Trinajstić information content (AvgIpc) is 2.40. The number of rotatable bonds is 6. The number of phenolic OH excluding ortho intramolecular Hbond substituents is 2. The number of phenols is 2. The first-order valence-electron chi connectivity index (χ1n) is 6.77. The van der Waals surface area contributed by atoms with Gasteiger partial charge in [-0.2, -0.15) is 0 Å². The molecule has 1 amide bonds. The third-order valence-corrected chi connectivity index (χ3v) is 2.99. The lowest BCUT2D eigenvalue weighted by Crippen LogP contribution is -2.35. The number of nitrogens with zero attached hydrogens (tertiary/aromatic N) is 1. The van der Waals surface area contributed by atoms with Crippen LogP contribution in [0.25, 0.3) is 0 Å². The molecule has 0 aliphatic rings. The van der Waals surface area contributed by atoms with Crippen LogP contribution >= 0.6 is 0 Å². The highest BCUT2D eigenvalue weighted by molar-refractivity contribution is 5.89. The number of aliphatic carboxylic acids is 1. The summed E-state index contributed by atoms with van der Waals surface area (Å²) in [5.41, 5.74) is 11.0. The van der Waals surface area contributed by atoms with Crippen LogP contribution in [0, 0.1) is 0 Å². The van der Waals surface area contributed by atoms with Gasteiger partial charge in [0.1, 0.15) is 18.0 Å². The Kier molecular flexibility index (Phi) is 5.77. The number of carboxylic acids is 1. The van der Waals surface area contributed by atoms with Crippen molar-refractivity contribution in [2.24, 2.45) is 16.5 Å². The molecule has 1 rings (SSSR count). The van der Waals surface area contributed by atoms with Crippen molar-refractivity contribution in [3.63, 3.8) is 0 Å². The third-order valence-electron chi connectivity index (χ3n) is 2.99. The van der Waals surface area contributed by atoms with Crippen LogP contribution in [-0.2, 0) is 9.59 Å². The van der Waals surface area contributed by atoms with Crippen molar-refractivity contribution in [3.05, 3.63) is 23.3 Å². The van der Waals surface area contributed by atoms with Gasteiger partial charge in [0.25, 0.3) is 0 Å². The van der Waals surface area contributed by atoms with E-state index in [0.717, 1.165) is 0 Å². The summed E-state index contributed by atoms with van der Waals surface area (Å²) < 4.78 is 0. The zero-order chi connectivity index (χ0) is 17.7. The summed E-state index contributed by atoms with van der Waals surface area (Å²) >= 11 is 0. The number of hydrogen-bond donors (Lipinski definition) is 6. The Labute approximate surface area is 132 Å². The Morgan fingerprint density at radius 2 is 1.74 bits per heavy atom. The first kappa shape index (κ1) is 18.1. The van der Waals surface area contributed by atoms with E-state index in [1.54, 1.807) is 13.8 Å². The molecule has 0 bridgehead atoms. The Bertz CT molecular complexity index is 615. The number of aliphatic imine (C=N–C) groups is 1. The zero-order valence-electron chi connectivity index (χ0n) is 12.8. The van der Waals surface area contributed by atoms with Crippen molar-refractivity contribution in [2.75, 3.05) is 6.54 Å². The van der Waals surface area contributed by atoms with Gasteiger partial charge in [0.2, 0.25) is 5.91 Å². The van der Waals surface area contributed by atoms with E-state index in [4.69, 9.17) is 16.6 Å². The lowest BCUT2D eigenvalue weighted by Gasteiger charge is -2.17. The number of benzene rings is 1. The molecule has 1 aromatic rings. The van der Waals surface area contributed by atoms with Crippen LogP contribution in [0.2, 0.25) is 0 Å². The van der Waals surface area contributed by atoms with Crippen LogP contribution in [0.4, 0.5) is 0 Å². The maximum absolute atomic E-state index is 12.1. The fourth-order valence-corrected chi connectivity index (χ4v) is 2.09. The Morgan fingerprint density at radius 1 is 1.22 bits per heavy atom. The molecule has 0 heterocycles. The number of carboxylic acid groups (broad SMARTS) is 1. The number of guanidine groups is 1. The summed E-state index contributed by atoms with van der Waals surface area (Å²) in [6.45, 7) is 2.94. The van der Waals surface area contributed by atoms with E-state index in [0.29, 0.717) is 5.56 Å². The van der Waals surface area contributed by atoms with Crippen LogP contribution in [0.5, 0.6) is 11.5 Å². The van der Waals surface area contributed by atoms with Crippen LogP contribution in [-0.4, -0.2) is 39.7 Å². The number of carbonyl (C=O) groups is 2. The lowest BCUT2D eigenvalue weighted by atomic mass is 9.96. The Hall–Kier alpha value is -2.97. The number of carbonyl (C=O) groups excluding carboxylic acids is 1. The second kappa shape index (κ2) is 7.34. The summed E-state index contributed by atoms with van der Waals surface area (Å²) in [5, 5.41) is 30.8. The van der Waals surface area contributed by atoms with E-state index in [9.17, 15) is 19.8 Å². The minimum Gasteiger partial charge on any atom is -0.508 e. The van der Waals surface area contributed by atoms with E-state index in [2.05, 4.69) is 10.3 Å². The largest absolute Gasteiger partial charge is 0.508 e. The SMILES string of the molecule is CC(C)c1c(O)cc([C@@H](N=C(N)N)C(=O)NCC(=O)O)cc1O. The Morgan fingerprint density at radius 3 is 2.13 bits per heavy atom. The van der Waals surface area contributed by atoms with E-state index in [-0.39, 0.29) is 23.0 Å². The molecule has 0 saturated carbocycles. The van der Waals surface area contributed by atoms with Crippen LogP contribution in [0.15, 0.2) is 17.1 Å². The molecular weight excluding hydrogens is 304 g/mol. The van der Waals surface area contributed by atoms with Crippen molar-refractivity contribution in [3.8, 4) is 11.5 Å². The molecule has 126 valence electrons. The van der Waals surface area contributed by atoms with Gasteiger partial charge in [-0.1, -0.05) is 13.8 Å². The predicted molar refractivity (Wildman–Crippen MR) is 83.1 cm³/mol. The Balaban J connectivity index is 3.25. The second-order valence-electron chi connectivity index (χ2n) is 5.20. The van der Waals surface area contributed by atoms with Crippen molar-refractivity contribution in [1.82, 2.24) is 5.32 Å². The van der Waals surface area contributed by atoms with Crippen LogP contribution in [0.3, 0.4) is 0 Å². The molecule has 9 heteroatoms. The molecule has 0 aliphatic heterocycles. The standard InChI is InChI=1S/C14H20N4O5/c1-6(2)11-8(19)3-7(4-9(11)20)12(18-14(15)16)13(23)17-5-10(21)22/h3-4,6,12,19-20H,5H2,1-2H3,(H,17,23)(H,21,22)(H4,15,16,18)/t12-/m1/s1. The van der Waals surface area contributed by atoms with Gasteiger partial charge in [0.15, 0.2) is 12.0 Å². The summed E-state index contributed by atoms with van der Waals surface area (Å²) in [7, 11) is 0. The maximum Gasteiger partial charge on any atom is 0.322 e. The number of nitrogens with one attached hydrogen (secondary N) is 1. The number of nitrogens with two attached hydrogens (primary N) is 2. The first-order chi connectivity index (χ1) is 10.6. The molecule has 1 aromatic carbocycles. The van der Waals surface area contributed by atoms with Crippen molar-refractivity contribution >= 4 is 17.8 Å². The normalized spacial score (nSPS) is 11.8. The summed E-state index contributed by atoms with van der Waals surface area (Å²) in [6, 6.07) is 1.22. The number of hydrogen-bond acceptors (Lipinski definition) is 5. The molecule has 0 saturated heterocycles. The molecule has 0 unspecified atom stereocenters. The molecule has 0 spiro atoms. The van der Waals surface area contributed by atoms with Gasteiger partial charge < -0.3 is 32.1 Å². The average molecular weight is 324 g/mol. The quantitative estimate of drug-likeness (QED) is 0.309. The van der Waals surface area contributed by atoms with Crippen LogP contribution < -0.4 is 16.8 Å². The number of aromatic hydroxyl groups is 2. The van der Waals surface area contributed by atoms with Gasteiger partial charge in [-0.05, 0) is 23.6 Å². The zero-order valence-corrected chi connectivity index (χ0v) is 12.8. The molecule has 8 N–H and O–H groups in total. The van der Waals surface area contributed by atoms with E-state index >= 15 is 0 Å². The van der Waals surface area contributed by atoms with E-state index in [1.807, 2.05) is 0 Å². The maximum atomic E-state index is 12.1. The first-order valence-corrected chi connectivity index (χ1v) is 6.77. The molecule has 1 atom stereocenters. The molecular formula is C14H20N4O5. The van der Waals surface area contributed by atoms with Gasteiger partial charge in [-0.25, -0.2) is 4.99 Å². The van der Waals surface area contributed by atoms with Gasteiger partial charge in [0.05, 0.1) is 0 Å². The highest BCUT2D eigenvalue weighted by Gasteiger charge is 2.24. The summed E-state index contributed by atoms with van der Waals surface area (Å²) in [6.07, 6.45) is 0. The van der Waals surface area contributed by atoms with Gasteiger partial charge in [-0.3, -0.25) is 9.59 Å². The van der Waals surface area contributed by atoms with Crippen LogP contribution in [0.1, 0.15) is 36.9 Å². The molecule has 23 heavy (non-hydrogen) atoms. The minimum absolute atomic E-state index is 0.126. The monoisotopic (exact) mass is 324 g/mol. The number of amides is 1. The van der Waals surface area contributed by atoms with E-state index in [1.165, 1.54) is 12.1 Å². The smallest absolute Gasteiger partial charge is 0.322 e. The molecule has 9 nitrogen and oxygen atoms in total. The fraction of sp³-hybridized carbons (Fsp3) is 0.357. The second-order valence-corrected chi connectivity index (χ2v) is 5.20. The van der Waals surface area contributed by atoms with Gasteiger partial charge in [0, 0.05) is 5.56 Å². The molecule has 0 fully saturated rings. The highest BCUT2D eigenvalue weighted by atomic mass is 16.4. The summed E-state index contributed by atoms with van der Waals surface area (Å²) in [4.78, 5) is 26.3. The van der Waals surface area contributed by atoms with Crippen molar-refractivity contribution < 1.29 is 24.9 Å². The highest BCUT2D eigenvalue weighted by Crippen LogP contribution is 2.37. The van der Waals surface area contributed by atoms with Gasteiger partial charge in [-0.15, -0.1) is 0 Å². The van der Waals surface area contributed by atoms with Crippen molar-refractivity contribution in [1.29, 1.82) is 0 Å². The molecule has 0 aromatic heterocycles. The summed E-state index contributed by atoms with van der Waals surface area (Å²) in [5.74, 6) is -2.98. The third kappa shape index (κ3) is 4.77. The van der Waals surface area contributed by atoms with Gasteiger partial charge >= 0.3 is 5.97 Å². The predicted octanol–water partition coefficient (Wildman–Crippen LogP) is -0.263. The molecule has 0 aliphatic carbocycles. The molecule has 0 radical (unpaired) electrons. The minimum atomic E-state index is -1.29. The topological polar surface area (TPSA) is 171 Å². The van der Waals surface area contributed by atoms with Crippen molar-refractivity contribution in [2.45, 2.75) is 25.8 Å². The fourth-order valence-electron chi connectivity index (χ4n) is 2.09. The lowest BCUT2D eigenvalue weighted by molar-refractivity contribution is -0.138. The van der Waals surface area contributed by atoms with E-state index < -0.39 is 30.4 Å².